The van der Waals surface area contributed by atoms with Gasteiger partial charge in [-0.3, -0.25) is 18.6 Å². The van der Waals surface area contributed by atoms with Crippen LogP contribution in [-0.2, 0) is 32.7 Å². The minimum absolute atomic E-state index is 0.0267. The minimum atomic E-state index is -4.39. The standard InChI is InChI=1S/C58H110NO8P/c1-6-8-10-12-14-16-18-20-22-24-26-28-29-31-32-34-36-38-40-42-44-46-48-50-57(60)64-54-56(55-66-68(62,63)65-53-52-59(3,4)5)67-58(61)51-49-47-45-43-41-39-37-35-33-30-27-25-23-21-19-17-15-13-11-9-7-2/h21,23,34,36,42,44,56H,6-20,22,24-33,35,37-41,43,45-55H2,1-5H3/p+1/b23-21+,36-34+,44-42+/t56-/m1/s1. The zero-order valence-corrected chi connectivity index (χ0v) is 46.2. The van der Waals surface area contributed by atoms with Crippen LogP contribution in [0.5, 0.6) is 0 Å². The van der Waals surface area contributed by atoms with E-state index in [1.54, 1.807) is 0 Å². The van der Waals surface area contributed by atoms with Crippen LogP contribution in [0, 0.1) is 0 Å². The Morgan fingerprint density at radius 2 is 0.779 bits per heavy atom. The molecule has 400 valence electrons. The number of carbonyl (C=O) groups excluding carboxylic acids is 2. The Bertz CT molecular complexity index is 1250. The molecule has 0 bridgehead atoms. The summed E-state index contributed by atoms with van der Waals surface area (Å²) in [7, 11) is 1.47. The largest absolute Gasteiger partial charge is 0.472 e. The van der Waals surface area contributed by atoms with E-state index in [2.05, 4.69) is 50.3 Å². The molecule has 0 spiro atoms. The summed E-state index contributed by atoms with van der Waals surface area (Å²) in [6.45, 7) is 4.43. The van der Waals surface area contributed by atoms with E-state index < -0.39 is 32.5 Å². The lowest BCUT2D eigenvalue weighted by atomic mass is 10.0. The molecule has 1 N–H and O–H groups in total. The fourth-order valence-electron chi connectivity index (χ4n) is 8.15. The smallest absolute Gasteiger partial charge is 0.462 e. The van der Waals surface area contributed by atoms with E-state index in [1.807, 2.05) is 21.1 Å². The number of carbonyl (C=O) groups is 2. The quantitative estimate of drug-likeness (QED) is 0.0211. The number of phosphoric acid groups is 1. The third-order valence-corrected chi connectivity index (χ3v) is 13.6. The average Bonchev–Trinajstić information content (AvgIpc) is 3.30. The van der Waals surface area contributed by atoms with Crippen LogP contribution < -0.4 is 0 Å². The molecule has 0 aromatic heterocycles. The Hall–Kier alpha value is -1.77. The van der Waals surface area contributed by atoms with E-state index in [1.165, 1.54) is 193 Å². The molecule has 0 aliphatic rings. The van der Waals surface area contributed by atoms with E-state index in [0.29, 0.717) is 23.9 Å². The lowest BCUT2D eigenvalue weighted by molar-refractivity contribution is -0.870. The first-order valence-electron chi connectivity index (χ1n) is 28.7. The summed E-state index contributed by atoms with van der Waals surface area (Å²) in [6, 6.07) is 0. The predicted octanol–water partition coefficient (Wildman–Crippen LogP) is 17.6. The van der Waals surface area contributed by atoms with Crippen LogP contribution in [-0.4, -0.2) is 74.9 Å². The number of likely N-dealkylation sites (N-methyl/N-ethyl adjacent to an activating group) is 1. The van der Waals surface area contributed by atoms with E-state index in [4.69, 9.17) is 18.5 Å². The summed E-state index contributed by atoms with van der Waals surface area (Å²) < 4.78 is 34.5. The van der Waals surface area contributed by atoms with Crippen LogP contribution in [0.2, 0.25) is 0 Å². The van der Waals surface area contributed by atoms with Crippen molar-refractivity contribution in [3.05, 3.63) is 36.5 Å². The summed E-state index contributed by atoms with van der Waals surface area (Å²) >= 11 is 0. The molecule has 1 unspecified atom stereocenters. The van der Waals surface area contributed by atoms with Gasteiger partial charge in [0.15, 0.2) is 6.10 Å². The Kier molecular flexibility index (Phi) is 48.9. The molecule has 10 heteroatoms. The van der Waals surface area contributed by atoms with Gasteiger partial charge in [0.1, 0.15) is 19.8 Å². The van der Waals surface area contributed by atoms with Crippen LogP contribution >= 0.6 is 7.82 Å². The summed E-state index contributed by atoms with van der Waals surface area (Å²) in [5, 5.41) is 0. The van der Waals surface area contributed by atoms with Gasteiger partial charge in [-0.15, -0.1) is 0 Å². The first-order valence-corrected chi connectivity index (χ1v) is 30.2. The molecule has 0 aromatic rings. The first-order chi connectivity index (χ1) is 33.0. The van der Waals surface area contributed by atoms with Crippen LogP contribution in [0.15, 0.2) is 36.5 Å². The van der Waals surface area contributed by atoms with Gasteiger partial charge in [-0.05, 0) is 70.6 Å². The Labute approximate surface area is 421 Å². The Morgan fingerprint density at radius 3 is 1.18 bits per heavy atom. The molecule has 0 saturated heterocycles. The highest BCUT2D eigenvalue weighted by molar-refractivity contribution is 7.47. The van der Waals surface area contributed by atoms with Gasteiger partial charge >= 0.3 is 19.8 Å². The van der Waals surface area contributed by atoms with Crippen molar-refractivity contribution >= 4 is 19.8 Å². The van der Waals surface area contributed by atoms with Crippen molar-refractivity contribution in [3.63, 3.8) is 0 Å². The van der Waals surface area contributed by atoms with Gasteiger partial charge in [-0.1, -0.05) is 224 Å². The monoisotopic (exact) mass is 981 g/mol. The molecule has 0 saturated carbocycles. The lowest BCUT2D eigenvalue weighted by Crippen LogP contribution is -2.37. The summed E-state index contributed by atoms with van der Waals surface area (Å²) in [5.74, 6) is -0.838. The van der Waals surface area contributed by atoms with E-state index in [0.717, 1.165) is 38.5 Å². The Balaban J connectivity index is 4.21. The molecular formula is C58H111NO8P+. The number of unbranched alkanes of at least 4 members (excludes halogenated alkanes) is 33. The topological polar surface area (TPSA) is 108 Å². The maximum Gasteiger partial charge on any atom is 0.472 e. The number of phosphoric ester groups is 1. The van der Waals surface area contributed by atoms with Crippen molar-refractivity contribution in [1.82, 2.24) is 0 Å². The van der Waals surface area contributed by atoms with Gasteiger partial charge in [-0.25, -0.2) is 4.57 Å². The van der Waals surface area contributed by atoms with Crippen LogP contribution in [0.4, 0.5) is 0 Å². The molecular weight excluding hydrogens is 870 g/mol. The molecule has 0 heterocycles. The number of hydrogen-bond donors (Lipinski definition) is 1. The molecule has 9 nitrogen and oxygen atoms in total. The maximum atomic E-state index is 12.8. The van der Waals surface area contributed by atoms with Crippen LogP contribution in [0.3, 0.4) is 0 Å². The van der Waals surface area contributed by atoms with Crippen molar-refractivity contribution in [1.29, 1.82) is 0 Å². The fraction of sp³-hybridized carbons (Fsp3) is 0.862. The highest BCUT2D eigenvalue weighted by atomic mass is 31.2. The van der Waals surface area contributed by atoms with Crippen molar-refractivity contribution < 1.29 is 42.1 Å². The van der Waals surface area contributed by atoms with Crippen molar-refractivity contribution in [2.24, 2.45) is 0 Å². The molecule has 68 heavy (non-hydrogen) atoms. The van der Waals surface area contributed by atoms with Crippen molar-refractivity contribution in [3.8, 4) is 0 Å². The molecule has 0 aliphatic carbocycles. The highest BCUT2D eigenvalue weighted by Gasteiger charge is 2.27. The van der Waals surface area contributed by atoms with Gasteiger partial charge in [0.25, 0.3) is 0 Å². The highest BCUT2D eigenvalue weighted by Crippen LogP contribution is 2.43. The first kappa shape index (κ1) is 66.2. The summed E-state index contributed by atoms with van der Waals surface area (Å²) in [6.07, 6.45) is 60.8. The van der Waals surface area contributed by atoms with Crippen LogP contribution in [0.1, 0.15) is 271 Å². The SMILES string of the molecule is CCCCCCCC/C=C/CCCCCCCCCCCCCC(=O)O[C@H](COC(=O)CCC/C=C/CC/C=C/CCCCCCCCCCCCCCCC)COP(=O)(O)OCC[N+](C)(C)C. The lowest BCUT2D eigenvalue weighted by Gasteiger charge is -2.24. The number of hydrogen-bond acceptors (Lipinski definition) is 7. The number of rotatable bonds is 53. The molecule has 0 radical (unpaired) electrons. The second-order valence-electron chi connectivity index (χ2n) is 20.7. The van der Waals surface area contributed by atoms with Gasteiger partial charge in [0.2, 0.25) is 0 Å². The molecule has 0 aromatic carbocycles. The molecule has 0 aliphatic heterocycles. The van der Waals surface area contributed by atoms with E-state index >= 15 is 0 Å². The fourth-order valence-corrected chi connectivity index (χ4v) is 8.89. The Morgan fingerprint density at radius 1 is 0.441 bits per heavy atom. The zero-order valence-electron chi connectivity index (χ0n) is 45.4. The molecule has 0 rings (SSSR count). The van der Waals surface area contributed by atoms with Gasteiger partial charge in [0, 0.05) is 12.8 Å². The van der Waals surface area contributed by atoms with E-state index in [9.17, 15) is 19.0 Å². The number of ether oxygens (including phenoxy) is 2. The second-order valence-corrected chi connectivity index (χ2v) is 22.1. The van der Waals surface area contributed by atoms with Gasteiger partial charge in [0.05, 0.1) is 27.7 Å². The summed E-state index contributed by atoms with van der Waals surface area (Å²) in [5.41, 5.74) is 0. The predicted molar refractivity (Wildman–Crippen MR) is 289 cm³/mol. The van der Waals surface area contributed by atoms with Gasteiger partial charge in [-0.2, -0.15) is 0 Å². The second kappa shape index (κ2) is 50.2. The van der Waals surface area contributed by atoms with Crippen molar-refractivity contribution in [2.75, 3.05) is 47.5 Å². The summed E-state index contributed by atoms with van der Waals surface area (Å²) in [4.78, 5) is 35.6. The average molecular weight is 981 g/mol. The minimum Gasteiger partial charge on any atom is -0.462 e. The number of allylic oxidation sites excluding steroid dienone is 6. The maximum absolute atomic E-state index is 12.8. The molecule has 0 amide bonds. The third kappa shape index (κ3) is 53.6. The molecule has 0 fully saturated rings. The number of nitrogens with zero attached hydrogens (tertiary/aromatic N) is 1. The van der Waals surface area contributed by atoms with Gasteiger partial charge < -0.3 is 18.9 Å². The third-order valence-electron chi connectivity index (χ3n) is 12.6. The van der Waals surface area contributed by atoms with Crippen LogP contribution in [0.25, 0.3) is 0 Å². The molecule has 2 atom stereocenters. The normalized spacial score (nSPS) is 13.6. The number of esters is 2. The van der Waals surface area contributed by atoms with Crippen molar-refractivity contribution in [2.45, 2.75) is 277 Å². The van der Waals surface area contributed by atoms with E-state index in [-0.39, 0.29) is 26.1 Å². The zero-order chi connectivity index (χ0) is 49.9. The number of quaternary nitrogens is 1.